The van der Waals surface area contributed by atoms with Gasteiger partial charge < -0.3 is 5.32 Å². The minimum absolute atomic E-state index is 0.498. The second-order valence-corrected chi connectivity index (χ2v) is 7.81. The molecule has 1 aliphatic rings. The molecule has 2 heterocycles. The van der Waals surface area contributed by atoms with Crippen molar-refractivity contribution in [3.63, 3.8) is 0 Å². The lowest BCUT2D eigenvalue weighted by Gasteiger charge is -2.33. The normalized spacial score (nSPS) is 18.4. The number of hydrogen-bond donors (Lipinski definition) is 1. The molecule has 3 aromatic rings. The van der Waals surface area contributed by atoms with Gasteiger partial charge in [0.1, 0.15) is 0 Å². The van der Waals surface area contributed by atoms with Gasteiger partial charge in [0.05, 0.1) is 0 Å². The van der Waals surface area contributed by atoms with Crippen LogP contribution in [-0.2, 0) is 6.42 Å². The highest BCUT2D eigenvalue weighted by Crippen LogP contribution is 2.43. The van der Waals surface area contributed by atoms with E-state index in [-0.39, 0.29) is 0 Å². The van der Waals surface area contributed by atoms with Crippen molar-refractivity contribution in [2.24, 2.45) is 0 Å². The first kappa shape index (κ1) is 13.5. The average Bonchev–Trinajstić information content (AvgIpc) is 3.04. The zero-order valence-electron chi connectivity index (χ0n) is 12.1. The summed E-state index contributed by atoms with van der Waals surface area (Å²) in [5.74, 6) is 0.727. The summed E-state index contributed by atoms with van der Waals surface area (Å²) in [6, 6.07) is 14.0. The predicted octanol–water partition coefficient (Wildman–Crippen LogP) is 5.34. The molecule has 1 nitrogen and oxygen atoms in total. The van der Waals surface area contributed by atoms with Gasteiger partial charge in [-0.15, -0.1) is 22.7 Å². The predicted molar refractivity (Wildman–Crippen MR) is 93.6 cm³/mol. The van der Waals surface area contributed by atoms with E-state index in [0.717, 1.165) is 12.5 Å². The van der Waals surface area contributed by atoms with Crippen LogP contribution in [-0.4, -0.2) is 6.54 Å². The maximum absolute atomic E-state index is 3.69. The van der Waals surface area contributed by atoms with E-state index in [1.54, 1.807) is 11.1 Å². The van der Waals surface area contributed by atoms with Crippen molar-refractivity contribution in [1.82, 2.24) is 5.32 Å². The number of hydrogen-bond acceptors (Lipinski definition) is 3. The fourth-order valence-electron chi connectivity index (χ4n) is 3.36. The summed E-state index contributed by atoms with van der Waals surface area (Å²) in [6.07, 6.45) is 2.47. The largest absolute Gasteiger partial charge is 0.310 e. The van der Waals surface area contributed by atoms with E-state index in [1.165, 1.54) is 27.1 Å². The summed E-state index contributed by atoms with van der Waals surface area (Å²) in [4.78, 5) is 1.50. The molecule has 2 aromatic heterocycles. The second kappa shape index (κ2) is 5.56. The van der Waals surface area contributed by atoms with Gasteiger partial charge in [-0.05, 0) is 53.9 Å². The quantitative estimate of drug-likeness (QED) is 0.670. The van der Waals surface area contributed by atoms with Crippen molar-refractivity contribution >= 4 is 32.1 Å². The monoisotopic (exact) mass is 313 g/mol. The van der Waals surface area contributed by atoms with Gasteiger partial charge in [-0.3, -0.25) is 0 Å². The highest BCUT2D eigenvalue weighted by atomic mass is 32.1. The second-order valence-electron chi connectivity index (χ2n) is 5.74. The van der Waals surface area contributed by atoms with E-state index >= 15 is 0 Å². The van der Waals surface area contributed by atoms with Crippen molar-refractivity contribution < 1.29 is 0 Å². The smallest absolute Gasteiger partial charge is 0.0454 e. The van der Waals surface area contributed by atoms with Crippen LogP contribution < -0.4 is 5.32 Å². The minimum atomic E-state index is 0.498. The number of thiophene rings is 2. The Morgan fingerprint density at radius 3 is 2.95 bits per heavy atom. The van der Waals surface area contributed by atoms with Crippen LogP contribution in [0.15, 0.2) is 41.8 Å². The summed E-state index contributed by atoms with van der Waals surface area (Å²) >= 11 is 3.81. The molecule has 108 valence electrons. The molecular formula is C18H19NS2. The lowest BCUT2D eigenvalue weighted by atomic mass is 9.74. The lowest BCUT2D eigenvalue weighted by molar-refractivity contribution is 0.441. The number of nitrogens with one attached hydrogen (secondary N) is 1. The van der Waals surface area contributed by atoms with Crippen molar-refractivity contribution in [1.29, 1.82) is 0 Å². The van der Waals surface area contributed by atoms with Gasteiger partial charge in [0.15, 0.2) is 0 Å². The Hall–Kier alpha value is -1.16. The summed E-state index contributed by atoms with van der Waals surface area (Å²) in [5.41, 5.74) is 3.11. The molecule has 0 bridgehead atoms. The van der Waals surface area contributed by atoms with Gasteiger partial charge in [-0.1, -0.05) is 31.2 Å². The van der Waals surface area contributed by atoms with Gasteiger partial charge in [0.2, 0.25) is 0 Å². The molecule has 1 aromatic carbocycles. The molecule has 1 N–H and O–H groups in total. The van der Waals surface area contributed by atoms with Gasteiger partial charge in [0.25, 0.3) is 0 Å². The molecule has 0 saturated heterocycles. The first-order chi connectivity index (χ1) is 10.3. The zero-order chi connectivity index (χ0) is 14.2. The molecule has 0 radical (unpaired) electrons. The van der Waals surface area contributed by atoms with E-state index < -0.39 is 0 Å². The molecule has 4 rings (SSSR count). The Labute approximate surface area is 133 Å². The van der Waals surface area contributed by atoms with Crippen LogP contribution in [0, 0.1) is 0 Å². The average molecular weight is 313 g/mol. The first-order valence-electron chi connectivity index (χ1n) is 7.63. The van der Waals surface area contributed by atoms with E-state index in [4.69, 9.17) is 0 Å². The summed E-state index contributed by atoms with van der Waals surface area (Å²) in [7, 11) is 0. The van der Waals surface area contributed by atoms with E-state index in [2.05, 4.69) is 54.0 Å². The summed E-state index contributed by atoms with van der Waals surface area (Å²) in [5, 5.41) is 5.88. The van der Waals surface area contributed by atoms with Gasteiger partial charge >= 0.3 is 0 Å². The molecule has 2 unspecified atom stereocenters. The van der Waals surface area contributed by atoms with Crippen LogP contribution >= 0.6 is 22.7 Å². The fraction of sp³-hybridized carbons (Fsp3) is 0.333. The molecule has 0 saturated carbocycles. The fourth-order valence-corrected chi connectivity index (χ4v) is 5.57. The Morgan fingerprint density at radius 2 is 2.14 bits per heavy atom. The maximum atomic E-state index is 3.69. The van der Waals surface area contributed by atoms with E-state index in [1.807, 2.05) is 22.7 Å². The standard InChI is InChI=1S/C18H19NS2/c1-2-19-15(17-11-18-16(21-17)7-8-20-18)10-13-9-12-5-3-4-6-14(12)13/h3-8,11,13,15,19H,2,9-10H2,1H3. The topological polar surface area (TPSA) is 12.0 Å². The van der Waals surface area contributed by atoms with Gasteiger partial charge in [-0.2, -0.15) is 0 Å². The molecule has 3 heteroatoms. The van der Waals surface area contributed by atoms with Gasteiger partial charge in [-0.25, -0.2) is 0 Å². The third kappa shape index (κ3) is 2.44. The Kier molecular flexibility index (Phi) is 3.57. The Bertz CT molecular complexity index is 727. The van der Waals surface area contributed by atoms with Crippen LogP contribution in [0.3, 0.4) is 0 Å². The van der Waals surface area contributed by atoms with Crippen LogP contribution in [0.1, 0.15) is 41.3 Å². The van der Waals surface area contributed by atoms with Crippen molar-refractivity contribution in [2.75, 3.05) is 6.54 Å². The number of rotatable bonds is 5. The molecular weight excluding hydrogens is 294 g/mol. The van der Waals surface area contributed by atoms with Crippen LogP contribution in [0.25, 0.3) is 9.40 Å². The first-order valence-corrected chi connectivity index (χ1v) is 9.33. The zero-order valence-corrected chi connectivity index (χ0v) is 13.8. The van der Waals surface area contributed by atoms with Crippen molar-refractivity contribution in [3.8, 4) is 0 Å². The molecule has 21 heavy (non-hydrogen) atoms. The van der Waals surface area contributed by atoms with E-state index in [0.29, 0.717) is 6.04 Å². The summed E-state index contributed by atoms with van der Waals surface area (Å²) in [6.45, 7) is 3.24. The molecule has 0 spiro atoms. The van der Waals surface area contributed by atoms with Crippen molar-refractivity contribution in [3.05, 3.63) is 57.8 Å². The maximum Gasteiger partial charge on any atom is 0.0454 e. The van der Waals surface area contributed by atoms with Gasteiger partial charge in [0, 0.05) is 20.3 Å². The highest BCUT2D eigenvalue weighted by Gasteiger charge is 2.29. The number of benzene rings is 1. The minimum Gasteiger partial charge on any atom is -0.310 e. The SMILES string of the molecule is CCNC(CC1Cc2ccccc21)c1cc2sccc2s1. The molecule has 1 aliphatic carbocycles. The van der Waals surface area contributed by atoms with E-state index in [9.17, 15) is 0 Å². The number of fused-ring (bicyclic) bond motifs is 2. The molecule has 0 fully saturated rings. The Balaban J connectivity index is 1.56. The lowest BCUT2D eigenvalue weighted by Crippen LogP contribution is -2.26. The van der Waals surface area contributed by atoms with Crippen LogP contribution in [0.4, 0.5) is 0 Å². The van der Waals surface area contributed by atoms with Crippen LogP contribution in [0.5, 0.6) is 0 Å². The molecule has 0 amide bonds. The molecule has 2 atom stereocenters. The molecule has 0 aliphatic heterocycles. The third-order valence-electron chi connectivity index (χ3n) is 4.43. The summed E-state index contributed by atoms with van der Waals surface area (Å²) < 4.78 is 2.87. The Morgan fingerprint density at radius 1 is 1.24 bits per heavy atom. The van der Waals surface area contributed by atoms with Crippen molar-refractivity contribution in [2.45, 2.75) is 31.7 Å². The van der Waals surface area contributed by atoms with Crippen LogP contribution in [0.2, 0.25) is 0 Å². The highest BCUT2D eigenvalue weighted by molar-refractivity contribution is 7.26. The third-order valence-corrected chi connectivity index (χ3v) is 6.64.